The van der Waals surface area contributed by atoms with E-state index in [1.54, 1.807) is 19.2 Å². The van der Waals surface area contributed by atoms with Crippen LogP contribution in [0.4, 0.5) is 5.82 Å². The van der Waals surface area contributed by atoms with Crippen molar-refractivity contribution in [1.82, 2.24) is 20.1 Å². The maximum Gasteiger partial charge on any atom is 0.277 e. The van der Waals surface area contributed by atoms with Gasteiger partial charge in [-0.2, -0.15) is 5.10 Å². The Labute approximate surface area is 221 Å². The molecule has 38 heavy (non-hydrogen) atoms. The molecule has 0 unspecified atom stereocenters. The van der Waals surface area contributed by atoms with Gasteiger partial charge in [-0.15, -0.1) is 0 Å². The number of carbonyl (C=O) groups is 2. The Kier molecular flexibility index (Phi) is 6.78. The summed E-state index contributed by atoms with van der Waals surface area (Å²) in [6.07, 6.45) is 2.96. The zero-order valence-electron chi connectivity index (χ0n) is 21.7. The topological polar surface area (TPSA) is 120 Å². The lowest BCUT2D eigenvalue weighted by Crippen LogP contribution is -2.40. The van der Waals surface area contributed by atoms with E-state index in [1.807, 2.05) is 30.3 Å². The quantitative estimate of drug-likeness (QED) is 0.451. The van der Waals surface area contributed by atoms with Crippen LogP contribution in [0, 0.1) is 17.3 Å². The number of aromatic nitrogens is 3. The number of fused-ring (bicyclic) bond motifs is 1. The van der Waals surface area contributed by atoms with E-state index in [-0.39, 0.29) is 23.8 Å². The lowest BCUT2D eigenvalue weighted by molar-refractivity contribution is -0.137. The zero-order chi connectivity index (χ0) is 26.9. The van der Waals surface area contributed by atoms with E-state index >= 15 is 0 Å². The van der Waals surface area contributed by atoms with E-state index in [0.717, 1.165) is 16.8 Å². The predicted octanol–water partition coefficient (Wildman–Crippen LogP) is 2.71. The highest BCUT2D eigenvalue weighted by Gasteiger charge is 2.42. The summed E-state index contributed by atoms with van der Waals surface area (Å²) in [6.45, 7) is 5.27. The second kappa shape index (κ2) is 10.0. The third-order valence-corrected chi connectivity index (χ3v) is 7.28. The van der Waals surface area contributed by atoms with Gasteiger partial charge in [-0.05, 0) is 29.5 Å². The van der Waals surface area contributed by atoms with Crippen LogP contribution >= 0.6 is 0 Å². The maximum atomic E-state index is 13.2. The number of nitrogens with one attached hydrogen (secondary N) is 2. The van der Waals surface area contributed by atoms with Gasteiger partial charge in [-0.3, -0.25) is 14.7 Å². The first-order valence-corrected chi connectivity index (χ1v) is 12.6. The highest BCUT2D eigenvalue weighted by molar-refractivity contribution is 6.03. The molecule has 1 saturated heterocycles. The molecule has 0 saturated carbocycles. The third kappa shape index (κ3) is 5.19. The molecule has 0 spiro atoms. The zero-order valence-corrected chi connectivity index (χ0v) is 21.7. The fraction of sp³-hybridized carbons (Fsp3) is 0.379. The monoisotopic (exact) mass is 513 g/mol. The molecule has 2 amide bonds. The Morgan fingerprint density at radius 3 is 2.82 bits per heavy atom. The van der Waals surface area contributed by atoms with Crippen LogP contribution in [0.2, 0.25) is 0 Å². The molecule has 1 aliphatic heterocycles. The summed E-state index contributed by atoms with van der Waals surface area (Å²) in [5.41, 5.74) is 1.90. The van der Waals surface area contributed by atoms with Crippen molar-refractivity contribution in [2.24, 2.45) is 5.41 Å². The lowest BCUT2D eigenvalue weighted by atomic mass is 9.73. The molecule has 0 radical (unpaired) electrons. The van der Waals surface area contributed by atoms with E-state index in [2.05, 4.69) is 46.2 Å². The lowest BCUT2D eigenvalue weighted by Gasteiger charge is -2.38. The van der Waals surface area contributed by atoms with E-state index in [4.69, 9.17) is 4.74 Å². The number of ether oxygens (including phenoxy) is 1. The van der Waals surface area contributed by atoms with Crippen molar-refractivity contribution in [3.63, 3.8) is 0 Å². The van der Waals surface area contributed by atoms with E-state index in [0.29, 0.717) is 43.1 Å². The van der Waals surface area contributed by atoms with Crippen molar-refractivity contribution in [2.75, 3.05) is 18.9 Å². The number of hydrogen-bond acceptors (Lipinski definition) is 6. The molecule has 3 heterocycles. The molecular formula is C29H31N5O4. The number of amides is 2. The van der Waals surface area contributed by atoms with Gasteiger partial charge in [0, 0.05) is 49.5 Å². The average Bonchev–Trinajstić information content (AvgIpc) is 3.42. The van der Waals surface area contributed by atoms with E-state index < -0.39 is 11.5 Å². The molecule has 9 nitrogen and oxygen atoms in total. The van der Waals surface area contributed by atoms with Gasteiger partial charge in [0.15, 0.2) is 5.69 Å². The molecule has 1 aromatic carbocycles. The Morgan fingerprint density at radius 2 is 2.08 bits per heavy atom. The normalized spacial score (nSPS) is 21.9. The predicted molar refractivity (Wildman–Crippen MR) is 141 cm³/mol. The summed E-state index contributed by atoms with van der Waals surface area (Å²) in [7, 11) is 1.63. The molecule has 196 valence electrons. The molecule has 1 aliphatic carbocycles. The summed E-state index contributed by atoms with van der Waals surface area (Å²) < 4.78 is 6.32. The number of carbonyl (C=O) groups excluding carboxylic acids is 2. The van der Waals surface area contributed by atoms with Gasteiger partial charge in [0.2, 0.25) is 5.60 Å². The third-order valence-electron chi connectivity index (χ3n) is 7.28. The number of pyridine rings is 1. The van der Waals surface area contributed by atoms with Crippen LogP contribution in [0.5, 0.6) is 0 Å². The van der Waals surface area contributed by atoms with Crippen LogP contribution in [0.15, 0.2) is 48.7 Å². The number of aliphatic hydroxyl groups is 1. The first-order valence-electron chi connectivity index (χ1n) is 12.6. The maximum absolute atomic E-state index is 13.2. The summed E-state index contributed by atoms with van der Waals surface area (Å²) in [4.78, 5) is 31.1. The van der Waals surface area contributed by atoms with Gasteiger partial charge in [0.05, 0.1) is 12.7 Å². The molecule has 2 aromatic heterocycles. The summed E-state index contributed by atoms with van der Waals surface area (Å²) in [5, 5.41) is 20.7. The number of nitrogens with zero attached hydrogens (tertiary/aromatic N) is 3. The number of benzene rings is 1. The van der Waals surface area contributed by atoms with Crippen LogP contribution in [0.25, 0.3) is 0 Å². The van der Waals surface area contributed by atoms with E-state index in [1.165, 1.54) is 11.1 Å². The van der Waals surface area contributed by atoms with Gasteiger partial charge in [-0.1, -0.05) is 56.0 Å². The second-order valence-corrected chi connectivity index (χ2v) is 10.7. The Bertz CT molecular complexity index is 1420. The fourth-order valence-corrected chi connectivity index (χ4v) is 4.94. The minimum atomic E-state index is -1.69. The number of rotatable bonds is 5. The Balaban J connectivity index is 1.29. The number of anilines is 1. The first kappa shape index (κ1) is 25.6. The van der Waals surface area contributed by atoms with Crippen LogP contribution in [0.3, 0.4) is 0 Å². The largest absolute Gasteiger partial charge is 0.373 e. The van der Waals surface area contributed by atoms with Crippen LogP contribution < -0.4 is 5.32 Å². The SMILES string of the molecule is CN1CC[C@@](O)(C#Cc2ccnc(NC(=O)c3n[nH]c4c3C[C@@H](OCc3ccccc3)C(C)(C)C4)c2)C1=O. The van der Waals surface area contributed by atoms with Crippen molar-refractivity contribution in [2.45, 2.75) is 51.4 Å². The van der Waals surface area contributed by atoms with Crippen molar-refractivity contribution in [1.29, 1.82) is 0 Å². The summed E-state index contributed by atoms with van der Waals surface area (Å²) >= 11 is 0. The number of likely N-dealkylation sites (tertiary alicyclic amines) is 1. The van der Waals surface area contributed by atoms with Crippen molar-refractivity contribution >= 4 is 17.6 Å². The first-order chi connectivity index (χ1) is 18.1. The smallest absolute Gasteiger partial charge is 0.277 e. The highest BCUT2D eigenvalue weighted by atomic mass is 16.5. The minimum absolute atomic E-state index is 0.0840. The molecule has 9 heteroatoms. The highest BCUT2D eigenvalue weighted by Crippen LogP contribution is 2.38. The molecule has 3 N–H and O–H groups in total. The summed E-state index contributed by atoms with van der Waals surface area (Å²) in [6, 6.07) is 13.3. The van der Waals surface area contributed by atoms with Gasteiger partial charge >= 0.3 is 0 Å². The molecule has 2 atom stereocenters. The van der Waals surface area contributed by atoms with Gasteiger partial charge in [0.1, 0.15) is 5.82 Å². The van der Waals surface area contributed by atoms with Crippen LogP contribution in [0.1, 0.15) is 53.1 Å². The molecule has 2 aliphatic rings. The molecular weight excluding hydrogens is 482 g/mol. The van der Waals surface area contributed by atoms with Gasteiger partial charge < -0.3 is 20.1 Å². The van der Waals surface area contributed by atoms with Crippen molar-refractivity contribution in [3.05, 3.63) is 76.7 Å². The standard InChI is InChI=1S/C29H31N5O4/c1-28(2)17-22-21(16-23(28)38-18-20-7-5-4-6-8-20)25(33-32-22)26(35)31-24-15-19(10-13-30-24)9-11-29(37)12-14-34(3)27(29)36/h4-8,10,13,15,23,37H,12,14,16-18H2,1-3H3,(H,32,33)(H,30,31,35)/t23-,29+/m1/s1. The average molecular weight is 514 g/mol. The van der Waals surface area contributed by atoms with Crippen LogP contribution in [-0.2, 0) is 29.0 Å². The fourth-order valence-electron chi connectivity index (χ4n) is 4.94. The van der Waals surface area contributed by atoms with Gasteiger partial charge in [0.25, 0.3) is 11.8 Å². The summed E-state index contributed by atoms with van der Waals surface area (Å²) in [5.74, 6) is 5.03. The van der Waals surface area contributed by atoms with Crippen LogP contribution in [-0.4, -0.2) is 62.3 Å². The number of H-pyrrole nitrogens is 1. The number of aromatic amines is 1. The second-order valence-electron chi connectivity index (χ2n) is 10.7. The number of hydrogen-bond donors (Lipinski definition) is 3. The molecule has 0 bridgehead atoms. The molecule has 1 fully saturated rings. The molecule has 3 aromatic rings. The van der Waals surface area contributed by atoms with E-state index in [9.17, 15) is 14.7 Å². The van der Waals surface area contributed by atoms with Crippen molar-refractivity contribution < 1.29 is 19.4 Å². The van der Waals surface area contributed by atoms with Crippen molar-refractivity contribution in [3.8, 4) is 11.8 Å². The Morgan fingerprint density at radius 1 is 1.29 bits per heavy atom. The number of likely N-dealkylation sites (N-methyl/N-ethyl adjacent to an activating group) is 1. The Hall–Kier alpha value is -4.00. The molecule has 5 rings (SSSR count). The van der Waals surface area contributed by atoms with Gasteiger partial charge in [-0.25, -0.2) is 4.98 Å². The minimum Gasteiger partial charge on any atom is -0.373 e.